The van der Waals surface area contributed by atoms with Crippen LogP contribution in [-0.2, 0) is 24.7 Å². The van der Waals surface area contributed by atoms with Crippen molar-refractivity contribution in [1.29, 1.82) is 0 Å². The van der Waals surface area contributed by atoms with Crippen molar-refractivity contribution in [2.24, 2.45) is 0 Å². The maximum atomic E-state index is 13.5. The molecule has 3 rings (SSSR count). The topological polar surface area (TPSA) is 12.0 Å². The Kier molecular flexibility index (Phi) is 6.94. The van der Waals surface area contributed by atoms with Gasteiger partial charge in [-0.1, -0.05) is 17.7 Å². The molecule has 0 spiro atoms. The van der Waals surface area contributed by atoms with Crippen molar-refractivity contribution < 1.29 is 52.7 Å². The Balaban J connectivity index is 2.32. The van der Waals surface area contributed by atoms with Gasteiger partial charge in [-0.05, 0) is 54.1 Å². The molecule has 0 aliphatic rings. The van der Waals surface area contributed by atoms with Crippen LogP contribution < -0.4 is 5.32 Å². The standard InChI is InChI=1S/C22H10ClF12N/c23-15-2-1-3-17(18(15)22(33,34)35)36-16-5-4-11(19(24,25)26)9-14(16)10-6-12(20(27,28)29)8-13(7-10)21(30,31)32/h1-9,36H. The lowest BCUT2D eigenvalue weighted by Crippen LogP contribution is -2.12. The van der Waals surface area contributed by atoms with E-state index in [-0.39, 0.29) is 24.3 Å². The molecule has 3 aromatic carbocycles. The molecule has 0 heterocycles. The van der Waals surface area contributed by atoms with Gasteiger partial charge in [0.2, 0.25) is 0 Å². The van der Waals surface area contributed by atoms with Crippen molar-refractivity contribution in [3.05, 3.63) is 81.9 Å². The number of benzene rings is 3. The van der Waals surface area contributed by atoms with Crippen LogP contribution >= 0.6 is 11.6 Å². The minimum atomic E-state index is -5.32. The zero-order valence-electron chi connectivity index (χ0n) is 17.1. The van der Waals surface area contributed by atoms with Crippen molar-refractivity contribution >= 4 is 23.0 Å². The summed E-state index contributed by atoms with van der Waals surface area (Å²) < 4.78 is 160. The third-order valence-electron chi connectivity index (χ3n) is 4.81. The smallest absolute Gasteiger partial charge is 0.354 e. The highest BCUT2D eigenvalue weighted by atomic mass is 35.5. The summed E-state index contributed by atoms with van der Waals surface area (Å²) in [4.78, 5) is 0. The fourth-order valence-electron chi connectivity index (χ4n) is 3.24. The molecule has 0 unspecified atom stereocenters. The quantitative estimate of drug-likeness (QED) is 0.320. The maximum Gasteiger partial charge on any atom is 0.419 e. The van der Waals surface area contributed by atoms with Crippen LogP contribution in [0.2, 0.25) is 5.02 Å². The summed E-state index contributed by atoms with van der Waals surface area (Å²) >= 11 is 5.61. The number of alkyl halides is 12. The molecule has 0 atom stereocenters. The van der Waals surface area contributed by atoms with E-state index in [1.807, 2.05) is 0 Å². The van der Waals surface area contributed by atoms with Crippen LogP contribution in [0.25, 0.3) is 11.1 Å². The summed E-state index contributed by atoms with van der Waals surface area (Å²) in [6.45, 7) is 0. The maximum absolute atomic E-state index is 13.5. The molecule has 1 nitrogen and oxygen atoms in total. The highest BCUT2D eigenvalue weighted by Gasteiger charge is 2.39. The van der Waals surface area contributed by atoms with Crippen molar-refractivity contribution in [1.82, 2.24) is 0 Å². The predicted octanol–water partition coefficient (Wildman–Crippen LogP) is 9.83. The van der Waals surface area contributed by atoms with E-state index in [1.165, 1.54) is 0 Å². The molecule has 0 aliphatic carbocycles. The van der Waals surface area contributed by atoms with Crippen molar-refractivity contribution in [2.75, 3.05) is 5.32 Å². The van der Waals surface area contributed by atoms with E-state index in [0.29, 0.717) is 12.1 Å². The fourth-order valence-corrected chi connectivity index (χ4v) is 3.52. The summed E-state index contributed by atoms with van der Waals surface area (Å²) in [5, 5.41) is 1.34. The first-order valence-corrected chi connectivity index (χ1v) is 9.80. The lowest BCUT2D eigenvalue weighted by Gasteiger charge is -2.20. The average molecular weight is 552 g/mol. The fraction of sp³-hybridized carbons (Fsp3) is 0.182. The lowest BCUT2D eigenvalue weighted by atomic mass is 9.95. The zero-order valence-corrected chi connectivity index (χ0v) is 17.9. The predicted molar refractivity (Wildman–Crippen MR) is 107 cm³/mol. The Labute approximate surface area is 199 Å². The first-order chi connectivity index (χ1) is 16.3. The van der Waals surface area contributed by atoms with E-state index >= 15 is 0 Å². The van der Waals surface area contributed by atoms with Gasteiger partial charge in [-0.15, -0.1) is 0 Å². The van der Waals surface area contributed by atoms with Gasteiger partial charge in [0.05, 0.1) is 33.0 Å². The van der Waals surface area contributed by atoms with Gasteiger partial charge in [-0.3, -0.25) is 0 Å². The molecule has 1 N–H and O–H groups in total. The van der Waals surface area contributed by atoms with Crippen LogP contribution in [0.15, 0.2) is 54.6 Å². The van der Waals surface area contributed by atoms with Gasteiger partial charge in [0.25, 0.3) is 0 Å². The van der Waals surface area contributed by atoms with Crippen LogP contribution in [-0.4, -0.2) is 0 Å². The largest absolute Gasteiger partial charge is 0.419 e. The Morgan fingerprint density at radius 3 is 1.53 bits per heavy atom. The van der Waals surface area contributed by atoms with E-state index in [1.54, 1.807) is 0 Å². The van der Waals surface area contributed by atoms with Gasteiger partial charge >= 0.3 is 24.7 Å². The third kappa shape index (κ3) is 6.00. The normalized spacial score (nSPS) is 13.1. The van der Waals surface area contributed by atoms with Crippen molar-refractivity contribution in [3.8, 4) is 11.1 Å². The molecule has 36 heavy (non-hydrogen) atoms. The van der Waals surface area contributed by atoms with E-state index in [4.69, 9.17) is 11.6 Å². The molecule has 14 heteroatoms. The van der Waals surface area contributed by atoms with Crippen molar-refractivity contribution in [3.63, 3.8) is 0 Å². The average Bonchev–Trinajstić information content (AvgIpc) is 2.70. The van der Waals surface area contributed by atoms with E-state index in [2.05, 4.69) is 5.32 Å². The summed E-state index contributed by atoms with van der Waals surface area (Å²) in [6.07, 6.45) is -20.8. The molecule has 0 fully saturated rings. The minimum absolute atomic E-state index is 0.165. The number of halogens is 13. The second kappa shape index (κ2) is 9.09. The lowest BCUT2D eigenvalue weighted by molar-refractivity contribution is -0.143. The van der Waals surface area contributed by atoms with Crippen LogP contribution in [0.4, 0.5) is 64.1 Å². The second-order valence-electron chi connectivity index (χ2n) is 7.34. The van der Waals surface area contributed by atoms with Crippen LogP contribution in [0.5, 0.6) is 0 Å². The first kappa shape index (κ1) is 27.5. The van der Waals surface area contributed by atoms with Gasteiger partial charge in [-0.2, -0.15) is 52.7 Å². The monoisotopic (exact) mass is 551 g/mol. The number of anilines is 2. The van der Waals surface area contributed by atoms with Crippen LogP contribution in [0.3, 0.4) is 0 Å². The van der Waals surface area contributed by atoms with E-state index in [0.717, 1.165) is 18.2 Å². The Bertz CT molecular complexity index is 1240. The molecule has 0 bridgehead atoms. The molecular formula is C22H10ClF12N. The van der Waals surface area contributed by atoms with Gasteiger partial charge in [-0.25, -0.2) is 0 Å². The third-order valence-corrected chi connectivity index (χ3v) is 5.13. The SMILES string of the molecule is FC(F)(F)c1cc(-c2cc(C(F)(F)F)ccc2Nc2cccc(Cl)c2C(F)(F)F)cc(C(F)(F)F)c1. The zero-order chi connectivity index (χ0) is 27.3. The van der Waals surface area contributed by atoms with Crippen LogP contribution in [0.1, 0.15) is 22.3 Å². The summed E-state index contributed by atoms with van der Waals surface area (Å²) in [5.74, 6) is 0. The van der Waals surface area contributed by atoms with Crippen LogP contribution in [0, 0.1) is 0 Å². The Hall–Kier alpha value is -3.09. The molecule has 0 aliphatic heterocycles. The molecule has 194 valence electrons. The molecule has 0 amide bonds. The van der Waals surface area contributed by atoms with Gasteiger partial charge in [0, 0.05) is 11.3 Å². The summed E-state index contributed by atoms with van der Waals surface area (Å²) in [7, 11) is 0. The van der Waals surface area contributed by atoms with Crippen molar-refractivity contribution in [2.45, 2.75) is 24.7 Å². The number of hydrogen-bond acceptors (Lipinski definition) is 1. The summed E-state index contributed by atoms with van der Waals surface area (Å²) in [6, 6.07) is 4.08. The minimum Gasteiger partial charge on any atom is -0.354 e. The highest BCUT2D eigenvalue weighted by molar-refractivity contribution is 6.31. The summed E-state index contributed by atoms with van der Waals surface area (Å²) in [5.41, 5.74) is -9.82. The van der Waals surface area contributed by atoms with Gasteiger partial charge in [0.1, 0.15) is 0 Å². The Morgan fingerprint density at radius 2 is 1.06 bits per heavy atom. The van der Waals surface area contributed by atoms with Gasteiger partial charge < -0.3 is 5.32 Å². The Morgan fingerprint density at radius 1 is 0.528 bits per heavy atom. The number of hydrogen-bond donors (Lipinski definition) is 1. The molecule has 0 radical (unpaired) electrons. The number of rotatable bonds is 3. The molecule has 0 saturated carbocycles. The van der Waals surface area contributed by atoms with E-state index in [9.17, 15) is 52.7 Å². The highest BCUT2D eigenvalue weighted by Crippen LogP contribution is 2.45. The van der Waals surface area contributed by atoms with Gasteiger partial charge in [0.15, 0.2) is 0 Å². The first-order valence-electron chi connectivity index (χ1n) is 9.42. The molecular weight excluding hydrogens is 542 g/mol. The molecule has 3 aromatic rings. The second-order valence-corrected chi connectivity index (χ2v) is 7.75. The van der Waals surface area contributed by atoms with E-state index < -0.39 is 74.5 Å². The molecule has 0 aromatic heterocycles. The number of nitrogens with one attached hydrogen (secondary N) is 1. The molecule has 0 saturated heterocycles.